The van der Waals surface area contributed by atoms with Crippen LogP contribution < -0.4 is 15.8 Å². The molecule has 3 N–H and O–H groups in total. The van der Waals surface area contributed by atoms with Gasteiger partial charge in [0.15, 0.2) is 11.4 Å². The summed E-state index contributed by atoms with van der Waals surface area (Å²) in [6.07, 6.45) is 2.17. The van der Waals surface area contributed by atoms with E-state index in [9.17, 15) is 9.59 Å². The van der Waals surface area contributed by atoms with E-state index in [0.717, 1.165) is 5.56 Å². The number of carbonyl (C=O) groups is 2. The molecular weight excluding hydrogens is 282 g/mol. The van der Waals surface area contributed by atoms with E-state index in [1.807, 2.05) is 30.3 Å². The van der Waals surface area contributed by atoms with Crippen molar-refractivity contribution in [3.63, 3.8) is 0 Å². The van der Waals surface area contributed by atoms with E-state index >= 15 is 0 Å². The van der Waals surface area contributed by atoms with Crippen LogP contribution in [0.3, 0.4) is 0 Å². The average molecular weight is 299 g/mol. The standard InChI is InChI=1S/C16H17N3O3/c17-11-14(20)19-16(21)15-13(7-4-9-18-15)22-10-8-12-5-2-1-3-6-12/h1-7,9H,8,10-11,17H2,(H,19,20,21). The van der Waals surface area contributed by atoms with E-state index in [1.165, 1.54) is 6.20 Å². The Balaban J connectivity index is 1.99. The molecule has 2 rings (SSSR count). The first-order valence-electron chi connectivity index (χ1n) is 6.86. The Morgan fingerprint density at radius 1 is 1.14 bits per heavy atom. The van der Waals surface area contributed by atoms with E-state index < -0.39 is 11.8 Å². The zero-order valence-corrected chi connectivity index (χ0v) is 12.0. The molecule has 6 heteroatoms. The first-order valence-corrected chi connectivity index (χ1v) is 6.86. The molecule has 0 aliphatic carbocycles. The lowest BCUT2D eigenvalue weighted by atomic mass is 10.2. The molecule has 0 bridgehead atoms. The number of benzene rings is 1. The quantitative estimate of drug-likeness (QED) is 0.827. The van der Waals surface area contributed by atoms with Crippen LogP contribution in [-0.4, -0.2) is 29.9 Å². The van der Waals surface area contributed by atoms with Gasteiger partial charge < -0.3 is 10.5 Å². The maximum absolute atomic E-state index is 11.9. The van der Waals surface area contributed by atoms with E-state index in [4.69, 9.17) is 10.5 Å². The molecule has 0 fully saturated rings. The average Bonchev–Trinajstić information content (AvgIpc) is 2.56. The largest absolute Gasteiger partial charge is 0.491 e. The van der Waals surface area contributed by atoms with Gasteiger partial charge in [-0.1, -0.05) is 30.3 Å². The second-order valence-electron chi connectivity index (χ2n) is 4.52. The fourth-order valence-corrected chi connectivity index (χ4v) is 1.84. The van der Waals surface area contributed by atoms with Crippen LogP contribution >= 0.6 is 0 Å². The van der Waals surface area contributed by atoms with E-state index in [0.29, 0.717) is 18.8 Å². The summed E-state index contributed by atoms with van der Waals surface area (Å²) in [5.41, 5.74) is 6.37. The highest BCUT2D eigenvalue weighted by Gasteiger charge is 2.15. The molecule has 0 spiro atoms. The van der Waals surface area contributed by atoms with Gasteiger partial charge in [0.05, 0.1) is 13.2 Å². The van der Waals surface area contributed by atoms with Crippen molar-refractivity contribution in [3.8, 4) is 5.75 Å². The SMILES string of the molecule is NCC(=O)NC(=O)c1ncccc1OCCc1ccccc1. The van der Waals surface area contributed by atoms with E-state index in [-0.39, 0.29) is 12.2 Å². The molecule has 1 heterocycles. The van der Waals surface area contributed by atoms with Gasteiger partial charge in [0.1, 0.15) is 0 Å². The highest BCUT2D eigenvalue weighted by atomic mass is 16.5. The van der Waals surface area contributed by atoms with Gasteiger partial charge in [-0.3, -0.25) is 14.9 Å². The van der Waals surface area contributed by atoms with Crippen LogP contribution in [0.1, 0.15) is 16.1 Å². The summed E-state index contributed by atoms with van der Waals surface area (Å²) >= 11 is 0. The van der Waals surface area contributed by atoms with Crippen molar-refractivity contribution in [2.75, 3.05) is 13.2 Å². The Morgan fingerprint density at radius 3 is 2.64 bits per heavy atom. The molecule has 2 aromatic rings. The lowest BCUT2D eigenvalue weighted by Gasteiger charge is -2.10. The van der Waals surface area contributed by atoms with Crippen molar-refractivity contribution < 1.29 is 14.3 Å². The van der Waals surface area contributed by atoms with Gasteiger partial charge in [-0.2, -0.15) is 0 Å². The Hall–Kier alpha value is -2.73. The number of aromatic nitrogens is 1. The first kappa shape index (κ1) is 15.7. The maximum atomic E-state index is 11.9. The van der Waals surface area contributed by atoms with Crippen molar-refractivity contribution in [1.29, 1.82) is 0 Å². The van der Waals surface area contributed by atoms with Crippen molar-refractivity contribution >= 4 is 11.8 Å². The minimum Gasteiger partial charge on any atom is -0.491 e. The molecule has 0 atom stereocenters. The van der Waals surface area contributed by atoms with E-state index in [2.05, 4.69) is 10.3 Å². The fourth-order valence-electron chi connectivity index (χ4n) is 1.84. The van der Waals surface area contributed by atoms with Crippen LogP contribution in [0.4, 0.5) is 0 Å². The van der Waals surface area contributed by atoms with Crippen molar-refractivity contribution in [1.82, 2.24) is 10.3 Å². The second kappa shape index (κ2) is 7.90. The molecule has 1 aromatic heterocycles. The molecule has 0 aliphatic rings. The number of carbonyl (C=O) groups excluding carboxylic acids is 2. The molecule has 114 valence electrons. The van der Waals surface area contributed by atoms with Gasteiger partial charge in [-0.15, -0.1) is 0 Å². The van der Waals surface area contributed by atoms with Gasteiger partial charge in [-0.25, -0.2) is 4.98 Å². The molecule has 0 radical (unpaired) electrons. The van der Waals surface area contributed by atoms with Gasteiger partial charge in [0.25, 0.3) is 5.91 Å². The molecule has 0 aliphatic heterocycles. The third kappa shape index (κ3) is 4.39. The van der Waals surface area contributed by atoms with Crippen LogP contribution in [0.5, 0.6) is 5.75 Å². The van der Waals surface area contributed by atoms with Gasteiger partial charge in [0, 0.05) is 12.6 Å². The number of hydrogen-bond acceptors (Lipinski definition) is 5. The predicted octanol–water partition coefficient (Wildman–Crippen LogP) is 0.918. The minimum atomic E-state index is -0.620. The number of amides is 2. The summed E-state index contributed by atoms with van der Waals surface area (Å²) in [4.78, 5) is 27.1. The Kier molecular flexibility index (Phi) is 5.62. The Labute approximate surface area is 128 Å². The lowest BCUT2D eigenvalue weighted by molar-refractivity contribution is -0.118. The molecule has 22 heavy (non-hydrogen) atoms. The molecule has 1 aromatic carbocycles. The van der Waals surface area contributed by atoms with Crippen molar-refractivity contribution in [2.24, 2.45) is 5.73 Å². The number of nitrogens with two attached hydrogens (primary N) is 1. The Morgan fingerprint density at radius 2 is 1.91 bits per heavy atom. The van der Waals surface area contributed by atoms with Crippen LogP contribution in [0.25, 0.3) is 0 Å². The summed E-state index contributed by atoms with van der Waals surface area (Å²) in [7, 11) is 0. The van der Waals surface area contributed by atoms with E-state index in [1.54, 1.807) is 12.1 Å². The summed E-state index contributed by atoms with van der Waals surface area (Å²) in [6.45, 7) is 0.142. The number of rotatable bonds is 6. The molecule has 6 nitrogen and oxygen atoms in total. The smallest absolute Gasteiger partial charge is 0.280 e. The van der Waals surface area contributed by atoms with Crippen LogP contribution in [-0.2, 0) is 11.2 Å². The number of ether oxygens (including phenoxy) is 1. The number of pyridine rings is 1. The second-order valence-corrected chi connectivity index (χ2v) is 4.52. The zero-order chi connectivity index (χ0) is 15.8. The third-order valence-corrected chi connectivity index (χ3v) is 2.92. The number of nitrogens with zero attached hydrogens (tertiary/aromatic N) is 1. The maximum Gasteiger partial charge on any atom is 0.280 e. The zero-order valence-electron chi connectivity index (χ0n) is 12.0. The summed E-state index contributed by atoms with van der Waals surface area (Å²) in [5.74, 6) is -0.850. The fraction of sp³-hybridized carbons (Fsp3) is 0.188. The van der Waals surface area contributed by atoms with Gasteiger partial charge in [0.2, 0.25) is 5.91 Å². The van der Waals surface area contributed by atoms with Crippen LogP contribution in [0.2, 0.25) is 0 Å². The van der Waals surface area contributed by atoms with Crippen molar-refractivity contribution in [2.45, 2.75) is 6.42 Å². The van der Waals surface area contributed by atoms with Crippen LogP contribution in [0.15, 0.2) is 48.7 Å². The summed E-state index contributed by atoms with van der Waals surface area (Å²) in [6, 6.07) is 13.2. The normalized spacial score (nSPS) is 10.0. The molecule has 0 saturated carbocycles. The Bertz CT molecular complexity index is 644. The van der Waals surface area contributed by atoms with Gasteiger partial charge in [-0.05, 0) is 17.7 Å². The number of nitrogens with one attached hydrogen (secondary N) is 1. The molecule has 0 unspecified atom stereocenters. The lowest BCUT2D eigenvalue weighted by Crippen LogP contribution is -2.36. The van der Waals surface area contributed by atoms with Crippen molar-refractivity contribution in [3.05, 3.63) is 59.9 Å². The van der Waals surface area contributed by atoms with Crippen LogP contribution in [0, 0.1) is 0 Å². The summed E-state index contributed by atoms with van der Waals surface area (Å²) < 4.78 is 5.61. The number of hydrogen-bond donors (Lipinski definition) is 2. The minimum absolute atomic E-state index is 0.0670. The highest BCUT2D eigenvalue weighted by molar-refractivity contribution is 6.05. The topological polar surface area (TPSA) is 94.3 Å². The van der Waals surface area contributed by atoms with Gasteiger partial charge >= 0.3 is 0 Å². The first-order chi connectivity index (χ1) is 10.7. The molecular formula is C16H17N3O3. The number of imide groups is 1. The molecule has 2 amide bonds. The third-order valence-electron chi connectivity index (χ3n) is 2.92. The monoisotopic (exact) mass is 299 g/mol. The predicted molar refractivity (Wildman–Crippen MR) is 81.4 cm³/mol. The molecule has 0 saturated heterocycles. The highest BCUT2D eigenvalue weighted by Crippen LogP contribution is 2.15. The summed E-state index contributed by atoms with van der Waals surface area (Å²) in [5, 5.41) is 2.15.